The molecule has 0 aliphatic carbocycles. The summed E-state index contributed by atoms with van der Waals surface area (Å²) in [6.07, 6.45) is -5.30. The Bertz CT molecular complexity index is 488. The third-order valence-electron chi connectivity index (χ3n) is 2.39. The monoisotopic (exact) mass is 312 g/mol. The maximum atomic E-state index is 12.3. The minimum absolute atomic E-state index is 0.0473. The van der Waals surface area contributed by atoms with Crippen molar-refractivity contribution in [3.8, 4) is 5.75 Å². The molecule has 3 N–H and O–H groups in total. The van der Waals surface area contributed by atoms with Crippen LogP contribution in [-0.4, -0.2) is 32.4 Å². The molecule has 1 atom stereocenters. The van der Waals surface area contributed by atoms with Crippen molar-refractivity contribution in [2.75, 3.05) is 25.3 Å². The van der Waals surface area contributed by atoms with Crippen LogP contribution in [0.25, 0.3) is 0 Å². The lowest BCUT2D eigenvalue weighted by molar-refractivity contribution is -0.136. The van der Waals surface area contributed by atoms with Gasteiger partial charge < -0.3 is 20.5 Å². The first-order valence-electron chi connectivity index (χ1n) is 5.57. The van der Waals surface area contributed by atoms with E-state index in [9.17, 15) is 18.0 Å². The second-order valence-electron chi connectivity index (χ2n) is 4.06. The van der Waals surface area contributed by atoms with Crippen LogP contribution in [0.1, 0.15) is 23.0 Å². The largest absolute Gasteiger partial charge is 0.492 e. The summed E-state index contributed by atoms with van der Waals surface area (Å²) in [6, 6.07) is -0.882. The maximum Gasteiger partial charge on any atom is 0.391 e. The quantitative estimate of drug-likeness (QED) is 0.818. The standard InChI is InChI=1S/C11H15F3N2O3S/c1-5(4-11(12,13)14)16-9-7(18-2)6(15)8(20-9)10(17)19-3/h5,16H,4,15H2,1-3H3. The average molecular weight is 312 g/mol. The molecule has 1 aromatic heterocycles. The van der Waals surface area contributed by atoms with Gasteiger partial charge in [-0.15, -0.1) is 11.3 Å². The Morgan fingerprint density at radius 3 is 2.50 bits per heavy atom. The molecular formula is C11H15F3N2O3S. The third-order valence-corrected chi connectivity index (χ3v) is 3.49. The Hall–Kier alpha value is -1.64. The Balaban J connectivity index is 2.98. The number of anilines is 2. The maximum absolute atomic E-state index is 12.3. The molecule has 9 heteroatoms. The molecule has 0 bridgehead atoms. The highest BCUT2D eigenvalue weighted by atomic mass is 32.1. The van der Waals surface area contributed by atoms with Gasteiger partial charge in [0.15, 0.2) is 5.75 Å². The lowest BCUT2D eigenvalue weighted by atomic mass is 10.2. The van der Waals surface area contributed by atoms with Crippen molar-refractivity contribution in [3.05, 3.63) is 4.88 Å². The molecule has 1 heterocycles. The van der Waals surface area contributed by atoms with Crippen LogP contribution >= 0.6 is 11.3 Å². The Labute approximate surface area is 117 Å². The van der Waals surface area contributed by atoms with E-state index in [4.69, 9.17) is 10.5 Å². The van der Waals surface area contributed by atoms with Crippen LogP contribution in [0.15, 0.2) is 0 Å². The van der Waals surface area contributed by atoms with E-state index in [2.05, 4.69) is 10.1 Å². The molecule has 20 heavy (non-hydrogen) atoms. The summed E-state index contributed by atoms with van der Waals surface area (Å²) < 4.78 is 46.4. The fraction of sp³-hybridized carbons (Fsp3) is 0.545. The first-order chi connectivity index (χ1) is 9.19. The van der Waals surface area contributed by atoms with Crippen LogP contribution in [0, 0.1) is 0 Å². The number of nitrogen functional groups attached to an aromatic ring is 1. The molecule has 1 unspecified atom stereocenters. The minimum atomic E-state index is -4.28. The number of methoxy groups -OCH3 is 2. The number of nitrogens with two attached hydrogens (primary N) is 1. The number of hydrogen-bond acceptors (Lipinski definition) is 6. The molecule has 0 fully saturated rings. The van der Waals surface area contributed by atoms with Crippen molar-refractivity contribution in [2.24, 2.45) is 0 Å². The highest BCUT2D eigenvalue weighted by molar-refractivity contribution is 7.19. The van der Waals surface area contributed by atoms with Crippen LogP contribution < -0.4 is 15.8 Å². The summed E-state index contributed by atoms with van der Waals surface area (Å²) in [5.74, 6) is -0.522. The fourth-order valence-electron chi connectivity index (χ4n) is 1.59. The molecule has 114 valence electrons. The van der Waals surface area contributed by atoms with Gasteiger partial charge in [0.1, 0.15) is 15.6 Å². The van der Waals surface area contributed by atoms with Gasteiger partial charge in [0.05, 0.1) is 20.6 Å². The second kappa shape index (κ2) is 6.21. The SMILES string of the molecule is COC(=O)c1sc(NC(C)CC(F)(F)F)c(OC)c1N. The topological polar surface area (TPSA) is 73.6 Å². The van der Waals surface area contributed by atoms with Crippen molar-refractivity contribution in [1.29, 1.82) is 0 Å². The third kappa shape index (κ3) is 3.92. The second-order valence-corrected chi connectivity index (χ2v) is 5.08. The Morgan fingerprint density at radius 2 is 2.05 bits per heavy atom. The molecule has 0 aliphatic rings. The molecule has 0 amide bonds. The highest BCUT2D eigenvalue weighted by Crippen LogP contribution is 2.43. The average Bonchev–Trinajstić information content (AvgIpc) is 2.62. The number of carbonyl (C=O) groups is 1. The zero-order valence-electron chi connectivity index (χ0n) is 11.1. The number of halogens is 3. The Morgan fingerprint density at radius 1 is 1.45 bits per heavy atom. The summed E-state index contributed by atoms with van der Waals surface area (Å²) in [6.45, 7) is 1.38. The number of esters is 1. The van der Waals surface area contributed by atoms with Gasteiger partial charge in [0.25, 0.3) is 0 Å². The predicted molar refractivity (Wildman–Crippen MR) is 70.4 cm³/mol. The number of hydrogen-bond donors (Lipinski definition) is 2. The number of thiophene rings is 1. The van der Waals surface area contributed by atoms with E-state index in [0.717, 1.165) is 11.3 Å². The summed E-state index contributed by atoms with van der Waals surface area (Å²) in [4.78, 5) is 11.6. The predicted octanol–water partition coefficient (Wildman–Crippen LogP) is 2.88. The van der Waals surface area contributed by atoms with E-state index >= 15 is 0 Å². The van der Waals surface area contributed by atoms with Crippen molar-refractivity contribution < 1.29 is 27.4 Å². The van der Waals surface area contributed by atoms with Gasteiger partial charge in [-0.1, -0.05) is 0 Å². The molecule has 0 spiro atoms. The van der Waals surface area contributed by atoms with Crippen LogP contribution in [0.4, 0.5) is 23.9 Å². The molecule has 1 rings (SSSR count). The van der Waals surface area contributed by atoms with Gasteiger partial charge in [0.2, 0.25) is 0 Å². The first kappa shape index (κ1) is 16.4. The summed E-state index contributed by atoms with van der Waals surface area (Å²) >= 11 is 0.895. The number of rotatable bonds is 5. The summed E-state index contributed by atoms with van der Waals surface area (Å²) in [5.41, 5.74) is 5.76. The lowest BCUT2D eigenvalue weighted by Gasteiger charge is -2.16. The molecule has 0 aromatic carbocycles. The molecule has 5 nitrogen and oxygen atoms in total. The van der Waals surface area contributed by atoms with Crippen LogP contribution in [0.2, 0.25) is 0 Å². The fourth-order valence-corrected chi connectivity index (χ4v) is 2.71. The zero-order valence-corrected chi connectivity index (χ0v) is 11.9. The number of nitrogens with one attached hydrogen (secondary N) is 1. The minimum Gasteiger partial charge on any atom is -0.492 e. The van der Waals surface area contributed by atoms with Crippen molar-refractivity contribution >= 4 is 28.0 Å². The first-order valence-corrected chi connectivity index (χ1v) is 6.39. The van der Waals surface area contributed by atoms with E-state index in [-0.39, 0.29) is 21.3 Å². The van der Waals surface area contributed by atoms with Crippen molar-refractivity contribution in [2.45, 2.75) is 25.6 Å². The molecule has 0 aliphatic heterocycles. The smallest absolute Gasteiger partial charge is 0.391 e. The molecule has 0 saturated heterocycles. The molecule has 0 saturated carbocycles. The van der Waals surface area contributed by atoms with Gasteiger partial charge >= 0.3 is 12.1 Å². The Kier molecular flexibility index (Phi) is 5.09. The number of carbonyl (C=O) groups excluding carboxylic acids is 1. The van der Waals surface area contributed by atoms with Gasteiger partial charge in [-0.2, -0.15) is 13.2 Å². The lowest BCUT2D eigenvalue weighted by Crippen LogP contribution is -2.23. The zero-order chi connectivity index (χ0) is 15.5. The van der Waals surface area contributed by atoms with Crippen molar-refractivity contribution in [3.63, 3.8) is 0 Å². The van der Waals surface area contributed by atoms with E-state index in [1.165, 1.54) is 21.1 Å². The summed E-state index contributed by atoms with van der Waals surface area (Å²) in [7, 11) is 2.51. The highest BCUT2D eigenvalue weighted by Gasteiger charge is 2.31. The normalized spacial score (nSPS) is 12.9. The van der Waals surface area contributed by atoms with E-state index in [1.807, 2.05) is 0 Å². The van der Waals surface area contributed by atoms with Crippen LogP contribution in [-0.2, 0) is 4.74 Å². The van der Waals surface area contributed by atoms with Gasteiger partial charge in [0, 0.05) is 6.04 Å². The van der Waals surface area contributed by atoms with Gasteiger partial charge in [-0.25, -0.2) is 4.79 Å². The van der Waals surface area contributed by atoms with Gasteiger partial charge in [-0.3, -0.25) is 0 Å². The molecule has 1 aromatic rings. The van der Waals surface area contributed by atoms with Gasteiger partial charge in [-0.05, 0) is 6.92 Å². The number of alkyl halides is 3. The van der Waals surface area contributed by atoms with Crippen molar-refractivity contribution in [1.82, 2.24) is 0 Å². The van der Waals surface area contributed by atoms with Crippen LogP contribution in [0.5, 0.6) is 5.75 Å². The summed E-state index contributed by atoms with van der Waals surface area (Å²) in [5, 5.41) is 2.91. The number of ether oxygens (including phenoxy) is 2. The molecule has 0 radical (unpaired) electrons. The molecular weight excluding hydrogens is 297 g/mol. The van der Waals surface area contributed by atoms with E-state index < -0.39 is 24.6 Å². The van der Waals surface area contributed by atoms with E-state index in [1.54, 1.807) is 0 Å². The van der Waals surface area contributed by atoms with Crippen LogP contribution in [0.3, 0.4) is 0 Å². The van der Waals surface area contributed by atoms with E-state index in [0.29, 0.717) is 0 Å².